The van der Waals surface area contributed by atoms with E-state index in [0.29, 0.717) is 0 Å². The summed E-state index contributed by atoms with van der Waals surface area (Å²) in [6.45, 7) is 5.65. The highest BCUT2D eigenvalue weighted by Crippen LogP contribution is 2.25. The predicted molar refractivity (Wildman–Crippen MR) is 82.4 cm³/mol. The highest BCUT2D eigenvalue weighted by Gasteiger charge is 2.16. The third-order valence-electron chi connectivity index (χ3n) is 4.62. The predicted octanol–water partition coefficient (Wildman–Crippen LogP) is 2.10. The van der Waals surface area contributed by atoms with E-state index in [2.05, 4.69) is 35.5 Å². The van der Waals surface area contributed by atoms with Crippen LogP contribution in [0.3, 0.4) is 0 Å². The molecule has 0 saturated carbocycles. The second-order valence-corrected chi connectivity index (χ2v) is 6.24. The molecule has 2 aliphatic rings. The molecule has 0 aromatic heterocycles. The van der Waals surface area contributed by atoms with Crippen molar-refractivity contribution in [3.05, 3.63) is 29.3 Å². The first kappa shape index (κ1) is 13.9. The molecule has 0 spiro atoms. The van der Waals surface area contributed by atoms with Crippen LogP contribution in [0.25, 0.3) is 0 Å². The van der Waals surface area contributed by atoms with Crippen LogP contribution in [0.15, 0.2) is 18.2 Å². The molecule has 2 aliphatic heterocycles. The molecular weight excluding hydrogens is 248 g/mol. The Labute approximate surface area is 122 Å². The monoisotopic (exact) mass is 274 g/mol. The number of ether oxygens (including phenoxy) is 1. The summed E-state index contributed by atoms with van der Waals surface area (Å²) in [7, 11) is 2.22. The zero-order valence-corrected chi connectivity index (χ0v) is 12.5. The first-order valence-electron chi connectivity index (χ1n) is 7.95. The van der Waals surface area contributed by atoms with Crippen molar-refractivity contribution >= 4 is 0 Å². The van der Waals surface area contributed by atoms with Gasteiger partial charge in [0.05, 0.1) is 6.61 Å². The number of benzene rings is 1. The van der Waals surface area contributed by atoms with Crippen LogP contribution in [-0.2, 0) is 12.8 Å². The van der Waals surface area contributed by atoms with Crippen LogP contribution in [0.2, 0.25) is 0 Å². The van der Waals surface area contributed by atoms with Crippen molar-refractivity contribution in [2.24, 2.45) is 5.92 Å². The first-order chi connectivity index (χ1) is 9.81. The van der Waals surface area contributed by atoms with Gasteiger partial charge in [-0.15, -0.1) is 0 Å². The smallest absolute Gasteiger partial charge is 0.122 e. The van der Waals surface area contributed by atoms with Crippen LogP contribution in [0.4, 0.5) is 0 Å². The SMILES string of the molecule is CN1CCC(CNCCc2ccc3c(c2)CCO3)CC1. The zero-order valence-electron chi connectivity index (χ0n) is 12.5. The van der Waals surface area contributed by atoms with Crippen LogP contribution in [0.1, 0.15) is 24.0 Å². The van der Waals surface area contributed by atoms with Crippen LogP contribution < -0.4 is 10.1 Å². The van der Waals surface area contributed by atoms with Crippen molar-refractivity contribution < 1.29 is 4.74 Å². The van der Waals surface area contributed by atoms with Crippen molar-refractivity contribution in [1.29, 1.82) is 0 Å². The van der Waals surface area contributed by atoms with Crippen molar-refractivity contribution in [3.63, 3.8) is 0 Å². The Kier molecular flexibility index (Phi) is 4.58. The minimum Gasteiger partial charge on any atom is -0.493 e. The summed E-state index contributed by atoms with van der Waals surface area (Å²) in [5.74, 6) is 1.97. The molecule has 110 valence electrons. The molecule has 3 heteroatoms. The first-order valence-corrected chi connectivity index (χ1v) is 7.95. The van der Waals surface area contributed by atoms with Crippen LogP contribution in [0, 0.1) is 5.92 Å². The number of nitrogens with zero attached hydrogens (tertiary/aromatic N) is 1. The second-order valence-electron chi connectivity index (χ2n) is 6.24. The standard InChI is InChI=1S/C17H26N2O/c1-19-9-5-15(6-10-19)13-18-8-4-14-2-3-17-16(12-14)7-11-20-17/h2-3,12,15,18H,4-11,13H2,1H3. The van der Waals surface area contributed by atoms with Gasteiger partial charge < -0.3 is 15.0 Å². The molecular formula is C17H26N2O. The lowest BCUT2D eigenvalue weighted by Gasteiger charge is -2.29. The summed E-state index contributed by atoms with van der Waals surface area (Å²) < 4.78 is 5.55. The van der Waals surface area contributed by atoms with Gasteiger partial charge >= 0.3 is 0 Å². The average Bonchev–Trinajstić information content (AvgIpc) is 2.93. The molecule has 1 N–H and O–H groups in total. The summed E-state index contributed by atoms with van der Waals surface area (Å²) in [6.07, 6.45) is 4.89. The van der Waals surface area contributed by atoms with Crippen LogP contribution >= 0.6 is 0 Å². The Morgan fingerprint density at radius 1 is 1.30 bits per heavy atom. The lowest BCUT2D eigenvalue weighted by atomic mass is 9.97. The lowest BCUT2D eigenvalue weighted by molar-refractivity contribution is 0.216. The molecule has 20 heavy (non-hydrogen) atoms. The van der Waals surface area contributed by atoms with Gasteiger partial charge in [0.1, 0.15) is 5.75 Å². The topological polar surface area (TPSA) is 24.5 Å². The van der Waals surface area contributed by atoms with Gasteiger partial charge in [0.2, 0.25) is 0 Å². The zero-order chi connectivity index (χ0) is 13.8. The van der Waals surface area contributed by atoms with E-state index in [-0.39, 0.29) is 0 Å². The molecule has 1 fully saturated rings. The third kappa shape index (κ3) is 3.53. The van der Waals surface area contributed by atoms with Gasteiger partial charge in [-0.05, 0) is 75.6 Å². The molecule has 2 heterocycles. The largest absolute Gasteiger partial charge is 0.493 e. The molecule has 1 aromatic carbocycles. The van der Waals surface area contributed by atoms with Gasteiger partial charge in [0.15, 0.2) is 0 Å². The van der Waals surface area contributed by atoms with E-state index in [9.17, 15) is 0 Å². The van der Waals surface area contributed by atoms with Gasteiger partial charge in [-0.3, -0.25) is 0 Å². The number of fused-ring (bicyclic) bond motifs is 1. The number of piperidine rings is 1. The number of rotatable bonds is 5. The molecule has 3 nitrogen and oxygen atoms in total. The quantitative estimate of drug-likeness (QED) is 0.832. The molecule has 0 unspecified atom stereocenters. The molecule has 0 atom stereocenters. The van der Waals surface area contributed by atoms with Crippen molar-refractivity contribution in [2.45, 2.75) is 25.7 Å². The maximum Gasteiger partial charge on any atom is 0.122 e. The van der Waals surface area contributed by atoms with Gasteiger partial charge in [-0.2, -0.15) is 0 Å². The van der Waals surface area contributed by atoms with E-state index in [1.54, 1.807) is 0 Å². The second kappa shape index (κ2) is 6.59. The van der Waals surface area contributed by atoms with E-state index in [1.165, 1.54) is 43.6 Å². The van der Waals surface area contributed by atoms with E-state index < -0.39 is 0 Å². The minimum atomic E-state index is 0.854. The Balaban J connectivity index is 1.37. The minimum absolute atomic E-state index is 0.854. The third-order valence-corrected chi connectivity index (χ3v) is 4.62. The Hall–Kier alpha value is -1.06. The maximum absolute atomic E-state index is 5.55. The number of nitrogens with one attached hydrogen (secondary N) is 1. The van der Waals surface area contributed by atoms with Crippen LogP contribution in [-0.4, -0.2) is 44.7 Å². The number of likely N-dealkylation sites (tertiary alicyclic amines) is 1. The van der Waals surface area contributed by atoms with Crippen LogP contribution in [0.5, 0.6) is 5.75 Å². The highest BCUT2D eigenvalue weighted by molar-refractivity contribution is 5.39. The summed E-state index contributed by atoms with van der Waals surface area (Å²) >= 11 is 0. The average molecular weight is 274 g/mol. The summed E-state index contributed by atoms with van der Waals surface area (Å²) in [6, 6.07) is 6.66. The summed E-state index contributed by atoms with van der Waals surface area (Å²) in [4.78, 5) is 2.43. The van der Waals surface area contributed by atoms with Gasteiger partial charge in [-0.1, -0.05) is 12.1 Å². The molecule has 0 bridgehead atoms. The Morgan fingerprint density at radius 3 is 3.00 bits per heavy atom. The van der Waals surface area contributed by atoms with Gasteiger partial charge in [-0.25, -0.2) is 0 Å². The number of hydrogen-bond acceptors (Lipinski definition) is 3. The Bertz CT molecular complexity index is 439. The fraction of sp³-hybridized carbons (Fsp3) is 0.647. The normalized spacial score (nSPS) is 19.9. The molecule has 1 aromatic rings. The Morgan fingerprint density at radius 2 is 2.15 bits per heavy atom. The van der Waals surface area contributed by atoms with E-state index in [1.807, 2.05) is 0 Å². The van der Waals surface area contributed by atoms with E-state index in [0.717, 1.165) is 37.7 Å². The molecule has 0 aliphatic carbocycles. The molecule has 1 saturated heterocycles. The van der Waals surface area contributed by atoms with E-state index >= 15 is 0 Å². The summed E-state index contributed by atoms with van der Waals surface area (Å²) in [5.41, 5.74) is 2.82. The van der Waals surface area contributed by atoms with Crippen molar-refractivity contribution in [1.82, 2.24) is 10.2 Å². The highest BCUT2D eigenvalue weighted by atomic mass is 16.5. The summed E-state index contributed by atoms with van der Waals surface area (Å²) in [5, 5.41) is 3.64. The van der Waals surface area contributed by atoms with Gasteiger partial charge in [0, 0.05) is 6.42 Å². The van der Waals surface area contributed by atoms with Crippen molar-refractivity contribution in [2.75, 3.05) is 39.8 Å². The van der Waals surface area contributed by atoms with E-state index in [4.69, 9.17) is 4.74 Å². The lowest BCUT2D eigenvalue weighted by Crippen LogP contribution is -2.35. The fourth-order valence-corrected chi connectivity index (χ4v) is 3.20. The molecule has 3 rings (SSSR count). The maximum atomic E-state index is 5.55. The van der Waals surface area contributed by atoms with Crippen molar-refractivity contribution in [3.8, 4) is 5.75 Å². The number of hydrogen-bond donors (Lipinski definition) is 1. The fourth-order valence-electron chi connectivity index (χ4n) is 3.20. The molecule has 0 amide bonds. The van der Waals surface area contributed by atoms with Gasteiger partial charge in [0.25, 0.3) is 0 Å². The molecule has 0 radical (unpaired) electrons.